The van der Waals surface area contributed by atoms with Gasteiger partial charge in [-0.25, -0.2) is 29.9 Å². The third kappa shape index (κ3) is 12.1. The molecule has 0 unspecified atom stereocenters. The SMILES string of the molecule is CC1(C)c2cc(-c3cc4c(-c5cccc(-c6ccc7c(c6)oc6c8c(c9c(c67)-c6ccc(-c7nc(-c%10ccccc%10)nc(-c%10ccccc%10)n7)cc6C9(C)C)C(C)(C)c6cc(-c7nc(-c9ccccc9)nc(-c9ccccc9)n7)ccc6-8)c5)cc5ccccc5c4c4ccccc34)ccc2-c2c1c1c(c3c2oc2ccccc23)-c2ccc(-c3cc4ccccc4c4c3cc(-c3ccccc3)c3ccccc34)cc2C1(C)C. The van der Waals surface area contributed by atoms with Gasteiger partial charge in [-0.05, 0) is 271 Å². The predicted molar refractivity (Wildman–Crippen MR) is 603 cm³/mol. The summed E-state index contributed by atoms with van der Waals surface area (Å²) in [6.45, 7) is 19.5. The molecule has 686 valence electrons. The number of nitrogens with zero attached hydrogens (tertiary/aromatic N) is 6. The molecule has 146 heavy (non-hydrogen) atoms. The summed E-state index contributed by atoms with van der Waals surface area (Å²) in [5, 5.41) is 19.2. The molecule has 8 nitrogen and oxygen atoms in total. The first-order chi connectivity index (χ1) is 71.4. The van der Waals surface area contributed by atoms with E-state index in [2.05, 4.69) is 395 Å². The number of hydrogen-bond acceptors (Lipinski definition) is 8. The monoisotopic (exact) mass is 1860 g/mol. The lowest BCUT2D eigenvalue weighted by Gasteiger charge is -2.31. The van der Waals surface area contributed by atoms with Crippen molar-refractivity contribution in [1.29, 1.82) is 0 Å². The van der Waals surface area contributed by atoms with Crippen LogP contribution in [0.1, 0.15) is 99.9 Å². The zero-order valence-electron chi connectivity index (χ0n) is 81.8. The van der Waals surface area contributed by atoms with E-state index in [0.717, 1.165) is 111 Å². The number of aromatic nitrogens is 6. The molecule has 0 amide bonds. The fourth-order valence-electron chi connectivity index (χ4n) is 26.2. The van der Waals surface area contributed by atoms with Gasteiger partial charge >= 0.3 is 0 Å². The van der Waals surface area contributed by atoms with Gasteiger partial charge < -0.3 is 8.83 Å². The molecule has 0 fully saturated rings. The minimum Gasteiger partial charge on any atom is -0.455 e. The second-order valence-electron chi connectivity index (χ2n) is 42.5. The van der Waals surface area contributed by atoms with Crippen LogP contribution in [-0.4, -0.2) is 29.9 Å². The van der Waals surface area contributed by atoms with Crippen LogP contribution in [-0.2, 0) is 21.7 Å². The van der Waals surface area contributed by atoms with E-state index in [-0.39, 0.29) is 0 Å². The quantitative estimate of drug-likeness (QED) is 0.118. The number of benzene rings is 22. The van der Waals surface area contributed by atoms with Gasteiger partial charge in [-0.1, -0.05) is 395 Å². The molecule has 0 aliphatic heterocycles. The molecule has 4 aromatic heterocycles. The van der Waals surface area contributed by atoms with Crippen LogP contribution >= 0.6 is 0 Å². The maximum absolute atomic E-state index is 7.81. The smallest absolute Gasteiger partial charge is 0.164 e. The van der Waals surface area contributed by atoms with Crippen molar-refractivity contribution in [3.8, 4) is 168 Å². The van der Waals surface area contributed by atoms with Gasteiger partial charge in [0.25, 0.3) is 0 Å². The third-order valence-corrected chi connectivity index (χ3v) is 32.9. The van der Waals surface area contributed by atoms with Crippen molar-refractivity contribution in [2.75, 3.05) is 0 Å². The lowest BCUT2D eigenvalue weighted by molar-refractivity contribution is 0.600. The highest BCUT2D eigenvalue weighted by Gasteiger charge is 2.52. The third-order valence-electron chi connectivity index (χ3n) is 32.9. The Bertz CT molecular complexity index is 10100. The Morgan fingerprint density at radius 1 is 0.164 bits per heavy atom. The number of fused-ring (bicyclic) bond motifs is 34. The number of para-hydroxylation sites is 1. The Morgan fingerprint density at radius 2 is 0.445 bits per heavy atom. The average molecular weight is 1870 g/mol. The highest BCUT2D eigenvalue weighted by atomic mass is 16.3. The Hall–Kier alpha value is -18.0. The molecule has 0 bridgehead atoms. The van der Waals surface area contributed by atoms with Crippen molar-refractivity contribution < 1.29 is 8.83 Å². The minimum absolute atomic E-state index is 0.443. The van der Waals surface area contributed by atoms with Gasteiger partial charge in [-0.3, -0.25) is 0 Å². The first kappa shape index (κ1) is 83.8. The Morgan fingerprint density at radius 3 is 0.870 bits per heavy atom. The van der Waals surface area contributed by atoms with Crippen LogP contribution in [0.2, 0.25) is 0 Å². The highest BCUT2D eigenvalue weighted by molar-refractivity contribution is 6.30. The molecule has 0 saturated heterocycles. The first-order valence-corrected chi connectivity index (χ1v) is 50.8. The predicted octanol–water partition coefficient (Wildman–Crippen LogP) is 36.3. The van der Waals surface area contributed by atoms with Crippen LogP contribution in [0.5, 0.6) is 0 Å². The summed E-state index contributed by atoms with van der Waals surface area (Å²) in [5.74, 6) is 3.67. The fraction of sp³-hybridized carbons (Fsp3) is 0.0870. The van der Waals surface area contributed by atoms with Crippen molar-refractivity contribution >= 4 is 109 Å². The average Bonchev–Trinajstić information content (AvgIpc) is 1.50. The van der Waals surface area contributed by atoms with Crippen LogP contribution in [0.15, 0.2) is 421 Å². The van der Waals surface area contributed by atoms with E-state index in [1.807, 2.05) is 72.8 Å². The molecular weight excluding hydrogens is 1770 g/mol. The molecule has 22 aromatic carbocycles. The summed E-state index contributed by atoms with van der Waals surface area (Å²) in [5.41, 5.74) is 38.3. The zero-order chi connectivity index (χ0) is 97.2. The summed E-state index contributed by atoms with van der Waals surface area (Å²) in [4.78, 5) is 31.5. The Balaban J connectivity index is 0.565. The van der Waals surface area contributed by atoms with Crippen molar-refractivity contribution in [1.82, 2.24) is 29.9 Å². The van der Waals surface area contributed by atoms with Gasteiger partial charge in [-0.2, -0.15) is 0 Å². The van der Waals surface area contributed by atoms with Gasteiger partial charge in [-0.15, -0.1) is 0 Å². The maximum atomic E-state index is 7.81. The molecule has 4 aliphatic carbocycles. The van der Waals surface area contributed by atoms with Gasteiger partial charge in [0.15, 0.2) is 34.9 Å². The summed E-state index contributed by atoms with van der Waals surface area (Å²) in [6.07, 6.45) is 0. The molecule has 4 heterocycles. The van der Waals surface area contributed by atoms with Gasteiger partial charge in [0.1, 0.15) is 22.3 Å². The molecule has 8 heteroatoms. The lowest BCUT2D eigenvalue weighted by atomic mass is 9.71. The van der Waals surface area contributed by atoms with Crippen molar-refractivity contribution in [2.24, 2.45) is 0 Å². The molecule has 0 spiro atoms. The van der Waals surface area contributed by atoms with Gasteiger partial charge in [0.2, 0.25) is 0 Å². The Labute approximate surface area is 843 Å². The largest absolute Gasteiger partial charge is 0.455 e. The van der Waals surface area contributed by atoms with E-state index in [4.69, 9.17) is 38.7 Å². The topological polar surface area (TPSA) is 104 Å². The van der Waals surface area contributed by atoms with Crippen molar-refractivity contribution in [3.05, 3.63) is 457 Å². The summed E-state index contributed by atoms with van der Waals surface area (Å²) in [7, 11) is 0. The number of hydrogen-bond donors (Lipinski definition) is 0. The van der Waals surface area contributed by atoms with E-state index in [9.17, 15) is 0 Å². The summed E-state index contributed by atoms with van der Waals surface area (Å²) in [6, 6.07) is 151. The molecule has 0 N–H and O–H groups in total. The normalized spacial score (nSPS) is 14.1. The summed E-state index contributed by atoms with van der Waals surface area (Å²) < 4.78 is 15.2. The van der Waals surface area contributed by atoms with Gasteiger partial charge in [0.05, 0.1) is 0 Å². The van der Waals surface area contributed by atoms with Crippen molar-refractivity contribution in [3.63, 3.8) is 0 Å². The second-order valence-corrected chi connectivity index (χ2v) is 42.5. The minimum atomic E-state index is -0.565. The second kappa shape index (κ2) is 30.8. The van der Waals surface area contributed by atoms with Crippen LogP contribution in [0.3, 0.4) is 0 Å². The molecule has 26 aromatic rings. The Kier molecular flexibility index (Phi) is 17.7. The van der Waals surface area contributed by atoms with E-state index >= 15 is 0 Å². The molecule has 30 rings (SSSR count). The molecule has 0 saturated carbocycles. The van der Waals surface area contributed by atoms with Crippen molar-refractivity contribution in [2.45, 2.75) is 77.0 Å². The zero-order valence-corrected chi connectivity index (χ0v) is 81.8. The maximum Gasteiger partial charge on any atom is 0.164 e. The lowest BCUT2D eigenvalue weighted by Crippen LogP contribution is -2.24. The molecule has 4 aliphatic rings. The standard InChI is InChI=1S/C138H92N6O2/c1-135(2)109-70-87(104-69-86-46-25-27-50-92(86)115-95-53-30-28-51-93(95)105(75-107(104)115)77-35-14-9-15-36-77)58-62-97(109)117-119-101-55-32-33-56-113(101)145-127(119)121-99-63-59-88(71-110(99)137(5,6)125(121)123(117)135)106-76-108-103(68-85-45-24-26-49-91(85)116(108)96-54-31-29-52-94(96)106)84-48-34-47-82(67-84)83-57-66-102-114(74-83)146-128-120(102)118-98-64-60-89(133-141-129(78-37-16-10-17-38-78)139-130(142-133)79-39-18-11-19-40-79)72-111(98)136(3,4)124(118)126-122(128)100-65-61-90(73-112(100)138(126,7)8)134-143-131(80-41-20-12-21-42-80)140-132(144-134)81-43-22-13-23-44-81/h9-76H,1-8H3. The van der Waals surface area contributed by atoms with E-state index in [1.54, 1.807) is 0 Å². The van der Waals surface area contributed by atoms with Gasteiger partial charge in [0, 0.05) is 87.7 Å². The van der Waals surface area contributed by atoms with E-state index in [0.29, 0.717) is 34.9 Å². The van der Waals surface area contributed by atoms with Crippen LogP contribution < -0.4 is 0 Å². The van der Waals surface area contributed by atoms with Crippen LogP contribution in [0.4, 0.5) is 0 Å². The number of rotatable bonds is 11. The molecule has 0 radical (unpaired) electrons. The molecule has 0 atom stereocenters. The first-order valence-electron chi connectivity index (χ1n) is 50.8. The fourth-order valence-corrected chi connectivity index (χ4v) is 26.2. The molecular formula is C138H92N6O2. The number of furan rings is 2. The van der Waals surface area contributed by atoms with Crippen LogP contribution in [0, 0.1) is 0 Å². The van der Waals surface area contributed by atoms with Crippen LogP contribution in [0.25, 0.3) is 277 Å². The highest BCUT2D eigenvalue weighted by Crippen LogP contribution is 2.67. The van der Waals surface area contributed by atoms with E-state index in [1.165, 1.54) is 176 Å². The summed E-state index contributed by atoms with van der Waals surface area (Å²) >= 11 is 0. The van der Waals surface area contributed by atoms with E-state index < -0.39 is 21.7 Å².